The van der Waals surface area contributed by atoms with Gasteiger partial charge in [-0.3, -0.25) is 4.79 Å². The number of nitrogens with one attached hydrogen (secondary N) is 1. The van der Waals surface area contributed by atoms with Crippen LogP contribution in [0.3, 0.4) is 0 Å². The number of rotatable bonds is 6. The third kappa shape index (κ3) is 4.23. The van der Waals surface area contributed by atoms with Crippen molar-refractivity contribution in [1.29, 1.82) is 0 Å². The summed E-state index contributed by atoms with van der Waals surface area (Å²) in [6.45, 7) is 8.46. The molecule has 122 valence electrons. The molecule has 1 aliphatic heterocycles. The zero-order valence-corrected chi connectivity index (χ0v) is 14.0. The van der Waals surface area contributed by atoms with Crippen LogP contribution >= 0.6 is 0 Å². The maximum absolute atomic E-state index is 12.5. The molecule has 0 radical (unpaired) electrons. The fourth-order valence-electron chi connectivity index (χ4n) is 2.60. The maximum Gasteiger partial charge on any atom is 0.263 e. The summed E-state index contributed by atoms with van der Waals surface area (Å²) in [7, 11) is 0. The van der Waals surface area contributed by atoms with Crippen LogP contribution in [0.5, 0.6) is 5.75 Å². The number of hydrogen-bond donors (Lipinski definition) is 1. The molecule has 4 nitrogen and oxygen atoms in total. The first-order valence-corrected chi connectivity index (χ1v) is 8.13. The number of carbonyl (C=O) groups is 1. The first kappa shape index (κ1) is 16.8. The van der Waals surface area contributed by atoms with E-state index in [-0.39, 0.29) is 18.1 Å². The van der Waals surface area contributed by atoms with Crippen molar-refractivity contribution >= 4 is 5.91 Å². The van der Waals surface area contributed by atoms with Crippen LogP contribution in [0.15, 0.2) is 24.3 Å². The van der Waals surface area contributed by atoms with Crippen LogP contribution in [0.4, 0.5) is 0 Å². The van der Waals surface area contributed by atoms with Gasteiger partial charge in [0.2, 0.25) is 0 Å². The van der Waals surface area contributed by atoms with Crippen molar-refractivity contribution in [3.8, 4) is 5.75 Å². The second-order valence-corrected chi connectivity index (χ2v) is 6.42. The van der Waals surface area contributed by atoms with Gasteiger partial charge in [-0.1, -0.05) is 19.1 Å². The molecular formula is C18H27NO3. The van der Waals surface area contributed by atoms with Gasteiger partial charge in [0.1, 0.15) is 5.75 Å². The van der Waals surface area contributed by atoms with E-state index >= 15 is 0 Å². The maximum atomic E-state index is 12.5. The predicted molar refractivity (Wildman–Crippen MR) is 87.1 cm³/mol. The summed E-state index contributed by atoms with van der Waals surface area (Å²) in [6, 6.07) is 7.88. The molecule has 1 amide bonds. The van der Waals surface area contributed by atoms with Gasteiger partial charge >= 0.3 is 0 Å². The van der Waals surface area contributed by atoms with Crippen molar-refractivity contribution in [2.45, 2.75) is 64.7 Å². The van der Waals surface area contributed by atoms with Gasteiger partial charge in [-0.15, -0.1) is 0 Å². The van der Waals surface area contributed by atoms with E-state index in [4.69, 9.17) is 9.47 Å². The van der Waals surface area contributed by atoms with Crippen molar-refractivity contribution in [3.05, 3.63) is 29.8 Å². The Balaban J connectivity index is 1.93. The number of carbonyl (C=O) groups excluding carboxylic acids is 1. The summed E-state index contributed by atoms with van der Waals surface area (Å²) in [4.78, 5) is 12.5. The summed E-state index contributed by atoms with van der Waals surface area (Å²) in [5, 5.41) is 3.02. The number of ether oxygens (including phenoxy) is 2. The van der Waals surface area contributed by atoms with Gasteiger partial charge in [0.15, 0.2) is 5.60 Å². The summed E-state index contributed by atoms with van der Waals surface area (Å²) in [5.41, 5.74) is 0.335. The topological polar surface area (TPSA) is 47.6 Å². The van der Waals surface area contributed by atoms with E-state index < -0.39 is 5.60 Å². The Morgan fingerprint density at radius 3 is 2.64 bits per heavy atom. The van der Waals surface area contributed by atoms with Crippen LogP contribution in [0.2, 0.25) is 0 Å². The largest absolute Gasteiger partial charge is 0.478 e. The zero-order chi connectivity index (χ0) is 16.2. The molecule has 4 heteroatoms. The highest BCUT2D eigenvalue weighted by Gasteiger charge is 2.33. The minimum Gasteiger partial charge on any atom is -0.478 e. The molecule has 22 heavy (non-hydrogen) atoms. The minimum atomic E-state index is -0.916. The van der Waals surface area contributed by atoms with Crippen LogP contribution in [0, 0.1) is 0 Å². The molecule has 0 aromatic heterocycles. The van der Waals surface area contributed by atoms with Crippen LogP contribution in [0.25, 0.3) is 0 Å². The standard InChI is InChI=1S/C18H27NO3/c1-5-14-8-10-15(11-9-14)22-18(3,4)17(20)19-13(2)16-7-6-12-21-16/h8-11,13,16H,5-7,12H2,1-4H3,(H,19,20)/t13-,16-/m0/s1. The third-order valence-corrected chi connectivity index (χ3v) is 4.13. The normalized spacial score (nSPS) is 19.7. The van der Waals surface area contributed by atoms with Gasteiger partial charge in [-0.05, 0) is 57.7 Å². The van der Waals surface area contributed by atoms with E-state index in [9.17, 15) is 4.79 Å². The van der Waals surface area contributed by atoms with Gasteiger partial charge in [0.25, 0.3) is 5.91 Å². The molecule has 1 saturated heterocycles. The number of benzene rings is 1. The van der Waals surface area contributed by atoms with Crippen molar-refractivity contribution in [2.75, 3.05) is 6.61 Å². The van der Waals surface area contributed by atoms with Gasteiger partial charge in [0, 0.05) is 6.61 Å². The lowest BCUT2D eigenvalue weighted by molar-refractivity contribution is -0.135. The van der Waals surface area contributed by atoms with Crippen molar-refractivity contribution in [3.63, 3.8) is 0 Å². The number of aryl methyl sites for hydroxylation is 1. The monoisotopic (exact) mass is 305 g/mol. The number of hydrogen-bond acceptors (Lipinski definition) is 3. The molecule has 1 heterocycles. The molecule has 0 bridgehead atoms. The highest BCUT2D eigenvalue weighted by Crippen LogP contribution is 2.21. The highest BCUT2D eigenvalue weighted by molar-refractivity contribution is 5.85. The van der Waals surface area contributed by atoms with E-state index in [0.29, 0.717) is 5.75 Å². The van der Waals surface area contributed by atoms with Crippen molar-refractivity contribution < 1.29 is 14.3 Å². The van der Waals surface area contributed by atoms with E-state index in [0.717, 1.165) is 25.9 Å². The first-order valence-electron chi connectivity index (χ1n) is 8.13. The zero-order valence-electron chi connectivity index (χ0n) is 14.0. The van der Waals surface area contributed by atoms with Gasteiger partial charge in [-0.2, -0.15) is 0 Å². The van der Waals surface area contributed by atoms with E-state index in [2.05, 4.69) is 12.2 Å². The Morgan fingerprint density at radius 2 is 2.09 bits per heavy atom. The molecule has 0 saturated carbocycles. The molecule has 1 aromatic rings. The minimum absolute atomic E-state index is 0.000317. The average molecular weight is 305 g/mol. The molecule has 2 atom stereocenters. The molecule has 1 aromatic carbocycles. The van der Waals surface area contributed by atoms with E-state index in [1.165, 1.54) is 5.56 Å². The van der Waals surface area contributed by atoms with E-state index in [1.807, 2.05) is 31.2 Å². The molecule has 0 aliphatic carbocycles. The van der Waals surface area contributed by atoms with Crippen molar-refractivity contribution in [2.24, 2.45) is 0 Å². The highest BCUT2D eigenvalue weighted by atomic mass is 16.5. The second-order valence-electron chi connectivity index (χ2n) is 6.42. The van der Waals surface area contributed by atoms with Crippen LogP contribution in [-0.4, -0.2) is 30.3 Å². The fourth-order valence-corrected chi connectivity index (χ4v) is 2.60. The molecule has 1 fully saturated rings. The molecule has 0 spiro atoms. The fraction of sp³-hybridized carbons (Fsp3) is 0.611. The quantitative estimate of drug-likeness (QED) is 0.878. The Morgan fingerprint density at radius 1 is 1.41 bits per heavy atom. The van der Waals surface area contributed by atoms with E-state index in [1.54, 1.807) is 13.8 Å². The lowest BCUT2D eigenvalue weighted by atomic mass is 10.1. The molecule has 2 rings (SSSR count). The molecular weight excluding hydrogens is 278 g/mol. The average Bonchev–Trinajstić information content (AvgIpc) is 3.02. The summed E-state index contributed by atoms with van der Waals surface area (Å²) < 4.78 is 11.5. The second kappa shape index (κ2) is 7.14. The predicted octanol–water partition coefficient (Wildman–Crippen LogP) is 3.09. The van der Waals surface area contributed by atoms with Crippen LogP contribution < -0.4 is 10.1 Å². The molecule has 0 unspecified atom stereocenters. The Labute approximate surface area is 133 Å². The lowest BCUT2D eigenvalue weighted by Gasteiger charge is -2.29. The van der Waals surface area contributed by atoms with Gasteiger partial charge in [-0.25, -0.2) is 0 Å². The molecule has 1 N–H and O–H groups in total. The van der Waals surface area contributed by atoms with Crippen LogP contribution in [0.1, 0.15) is 46.1 Å². The van der Waals surface area contributed by atoms with Crippen molar-refractivity contribution in [1.82, 2.24) is 5.32 Å². The Hall–Kier alpha value is -1.55. The first-order chi connectivity index (χ1) is 10.4. The Kier molecular flexibility index (Phi) is 5.46. The lowest BCUT2D eigenvalue weighted by Crippen LogP contribution is -2.52. The smallest absolute Gasteiger partial charge is 0.263 e. The van der Waals surface area contributed by atoms with Gasteiger partial charge < -0.3 is 14.8 Å². The SMILES string of the molecule is CCc1ccc(OC(C)(C)C(=O)N[C@@H](C)[C@@H]2CCCO2)cc1. The third-order valence-electron chi connectivity index (χ3n) is 4.13. The summed E-state index contributed by atoms with van der Waals surface area (Å²) >= 11 is 0. The van der Waals surface area contributed by atoms with Crippen LogP contribution in [-0.2, 0) is 16.0 Å². The number of amides is 1. The van der Waals surface area contributed by atoms with Gasteiger partial charge in [0.05, 0.1) is 12.1 Å². The summed E-state index contributed by atoms with van der Waals surface area (Å²) in [6.07, 6.45) is 3.17. The molecule has 1 aliphatic rings. The summed E-state index contributed by atoms with van der Waals surface area (Å²) in [5.74, 6) is 0.595. The Bertz CT molecular complexity index is 490.